The summed E-state index contributed by atoms with van der Waals surface area (Å²) in [7, 11) is -2.10. The highest BCUT2D eigenvalue weighted by Crippen LogP contribution is 2.42. The number of unbranched alkanes of at least 4 members (excludes halogenated alkanes) is 1. The fourth-order valence-electron chi connectivity index (χ4n) is 4.80. The number of rotatable bonds is 12. The number of sulfonamides is 1. The predicted molar refractivity (Wildman–Crippen MR) is 149 cm³/mol. The lowest BCUT2D eigenvalue weighted by molar-refractivity contribution is -0.140. The molecule has 0 saturated heterocycles. The van der Waals surface area contributed by atoms with Crippen LogP contribution in [-0.2, 0) is 26.2 Å². The molecule has 1 unspecified atom stereocenters. The van der Waals surface area contributed by atoms with Gasteiger partial charge in [0, 0.05) is 31.4 Å². The van der Waals surface area contributed by atoms with Crippen LogP contribution < -0.4 is 14.4 Å². The van der Waals surface area contributed by atoms with Crippen molar-refractivity contribution >= 4 is 38.3 Å². The molecule has 3 aromatic carbocycles. The van der Waals surface area contributed by atoms with Crippen molar-refractivity contribution in [2.24, 2.45) is 0 Å². The molecule has 0 bridgehead atoms. The molecule has 0 spiro atoms. The Bertz CT molecular complexity index is 1420. The fraction of sp³-hybridized carbons (Fsp3) is 0.379. The van der Waals surface area contributed by atoms with E-state index >= 15 is 0 Å². The molecule has 9 heteroatoms. The Balaban J connectivity index is 1.48. The van der Waals surface area contributed by atoms with Crippen molar-refractivity contribution in [1.82, 2.24) is 10.2 Å². The number of carbonyl (C=O) groups excluding carboxylic acids is 2. The van der Waals surface area contributed by atoms with E-state index in [1.165, 1.54) is 4.31 Å². The van der Waals surface area contributed by atoms with Gasteiger partial charge in [0.15, 0.2) is 0 Å². The average Bonchev–Trinajstić information content (AvgIpc) is 3.14. The van der Waals surface area contributed by atoms with Crippen molar-refractivity contribution in [3.05, 3.63) is 66.2 Å². The molecule has 1 heterocycles. The number of carbonyl (C=O) groups is 2. The highest BCUT2D eigenvalue weighted by molar-refractivity contribution is 7.93. The SMILES string of the molecule is CCCCNC(=O)C(C)N(Cc1cccc(OC)c1)C(=O)CCCN1c2cccc3cccc(c23)S1(=O)=O. The lowest BCUT2D eigenvalue weighted by Crippen LogP contribution is -2.47. The lowest BCUT2D eigenvalue weighted by Gasteiger charge is -2.29. The van der Waals surface area contributed by atoms with Crippen LogP contribution in [0.25, 0.3) is 10.8 Å². The van der Waals surface area contributed by atoms with E-state index in [0.29, 0.717) is 29.3 Å². The number of nitrogens with zero attached hydrogens (tertiary/aromatic N) is 2. The summed E-state index contributed by atoms with van der Waals surface area (Å²) in [5.74, 6) is 0.250. The number of benzene rings is 3. The number of nitrogens with one attached hydrogen (secondary N) is 1. The lowest BCUT2D eigenvalue weighted by atomic mass is 10.1. The van der Waals surface area contributed by atoms with Crippen LogP contribution in [0.4, 0.5) is 5.69 Å². The maximum Gasteiger partial charge on any atom is 0.265 e. The first kappa shape index (κ1) is 27.4. The van der Waals surface area contributed by atoms with E-state index < -0.39 is 16.1 Å². The van der Waals surface area contributed by atoms with Gasteiger partial charge in [-0.3, -0.25) is 13.9 Å². The van der Waals surface area contributed by atoms with Gasteiger partial charge in [-0.15, -0.1) is 0 Å². The largest absolute Gasteiger partial charge is 0.497 e. The van der Waals surface area contributed by atoms with Crippen LogP contribution >= 0.6 is 0 Å². The Morgan fingerprint density at radius 3 is 2.53 bits per heavy atom. The number of ether oxygens (including phenoxy) is 1. The standard InChI is InChI=1S/C29H35N3O5S/c1-4-5-17-30-29(34)21(2)31(20-22-10-6-13-24(19-22)37-3)27(33)16-9-18-32-25-14-7-11-23-12-8-15-26(28(23)25)38(32,35)36/h6-8,10-15,19,21H,4-5,9,16-18,20H2,1-3H3,(H,30,34). The molecule has 1 aliphatic heterocycles. The molecule has 0 saturated carbocycles. The molecule has 0 aliphatic carbocycles. The van der Waals surface area contributed by atoms with E-state index in [1.54, 1.807) is 37.1 Å². The van der Waals surface area contributed by atoms with Crippen LogP contribution in [0.2, 0.25) is 0 Å². The van der Waals surface area contributed by atoms with Crippen LogP contribution in [0, 0.1) is 0 Å². The maximum atomic E-state index is 13.5. The third kappa shape index (κ3) is 5.62. The van der Waals surface area contributed by atoms with Crippen LogP contribution in [0.15, 0.2) is 65.6 Å². The molecule has 8 nitrogen and oxygen atoms in total. The maximum absolute atomic E-state index is 13.5. The van der Waals surface area contributed by atoms with Crippen LogP contribution in [0.5, 0.6) is 5.75 Å². The zero-order valence-corrected chi connectivity index (χ0v) is 23.0. The van der Waals surface area contributed by atoms with Gasteiger partial charge in [-0.25, -0.2) is 8.42 Å². The van der Waals surface area contributed by atoms with E-state index in [1.807, 2.05) is 49.4 Å². The number of amides is 2. The van der Waals surface area contributed by atoms with Crippen molar-refractivity contribution < 1.29 is 22.7 Å². The second-order valence-corrected chi connectivity index (χ2v) is 11.3. The van der Waals surface area contributed by atoms with Gasteiger partial charge in [0.1, 0.15) is 11.8 Å². The topological polar surface area (TPSA) is 96.0 Å². The molecule has 0 aromatic heterocycles. The van der Waals surface area contributed by atoms with Crippen LogP contribution in [0.3, 0.4) is 0 Å². The highest BCUT2D eigenvalue weighted by Gasteiger charge is 2.35. The zero-order valence-electron chi connectivity index (χ0n) is 22.1. The summed E-state index contributed by atoms with van der Waals surface area (Å²) in [6.07, 6.45) is 2.25. The number of hydrogen-bond donors (Lipinski definition) is 1. The van der Waals surface area contributed by atoms with Gasteiger partial charge >= 0.3 is 0 Å². The molecule has 38 heavy (non-hydrogen) atoms. The van der Waals surface area contributed by atoms with Crippen molar-refractivity contribution in [1.29, 1.82) is 0 Å². The number of anilines is 1. The van der Waals surface area contributed by atoms with E-state index in [9.17, 15) is 18.0 Å². The molecule has 3 aromatic rings. The summed E-state index contributed by atoms with van der Waals surface area (Å²) >= 11 is 0. The van der Waals surface area contributed by atoms with Gasteiger partial charge in [0.2, 0.25) is 11.8 Å². The third-order valence-corrected chi connectivity index (χ3v) is 8.77. The average molecular weight is 538 g/mol. The van der Waals surface area contributed by atoms with E-state index in [-0.39, 0.29) is 31.3 Å². The van der Waals surface area contributed by atoms with E-state index in [4.69, 9.17) is 4.74 Å². The minimum Gasteiger partial charge on any atom is -0.497 e. The van der Waals surface area contributed by atoms with Gasteiger partial charge in [-0.2, -0.15) is 0 Å². The molecule has 4 rings (SSSR count). The number of hydrogen-bond acceptors (Lipinski definition) is 5. The molecular weight excluding hydrogens is 502 g/mol. The Hall–Kier alpha value is -3.59. The highest BCUT2D eigenvalue weighted by atomic mass is 32.2. The second-order valence-electron chi connectivity index (χ2n) is 9.51. The van der Waals surface area contributed by atoms with Gasteiger partial charge in [-0.05, 0) is 55.0 Å². The van der Waals surface area contributed by atoms with Crippen molar-refractivity contribution in [3.63, 3.8) is 0 Å². The van der Waals surface area contributed by atoms with Crippen molar-refractivity contribution in [2.45, 2.75) is 57.0 Å². The molecular formula is C29H35N3O5S. The molecule has 2 amide bonds. The smallest absolute Gasteiger partial charge is 0.265 e. The molecule has 0 radical (unpaired) electrons. The molecule has 1 N–H and O–H groups in total. The minimum atomic E-state index is -3.69. The van der Waals surface area contributed by atoms with Gasteiger partial charge in [0.25, 0.3) is 10.0 Å². The fourth-order valence-corrected chi connectivity index (χ4v) is 6.55. The molecule has 1 atom stereocenters. The molecule has 0 fully saturated rings. The number of methoxy groups -OCH3 is 1. The Labute approximate surface area is 224 Å². The minimum absolute atomic E-state index is 0.106. The monoisotopic (exact) mass is 537 g/mol. The van der Waals surface area contributed by atoms with Crippen LogP contribution in [-0.4, -0.2) is 51.4 Å². The van der Waals surface area contributed by atoms with E-state index in [2.05, 4.69) is 5.32 Å². The van der Waals surface area contributed by atoms with E-state index in [0.717, 1.165) is 29.2 Å². The predicted octanol–water partition coefficient (Wildman–Crippen LogP) is 4.47. The zero-order chi connectivity index (χ0) is 27.3. The van der Waals surface area contributed by atoms with Gasteiger partial charge < -0.3 is 15.0 Å². The summed E-state index contributed by atoms with van der Waals surface area (Å²) in [6.45, 7) is 4.74. The van der Waals surface area contributed by atoms with Crippen LogP contribution in [0.1, 0.15) is 45.1 Å². The first-order chi connectivity index (χ1) is 18.3. The van der Waals surface area contributed by atoms with Crippen molar-refractivity contribution in [2.75, 3.05) is 24.5 Å². The Morgan fingerprint density at radius 2 is 1.79 bits per heavy atom. The van der Waals surface area contributed by atoms with Gasteiger partial charge in [0.05, 0.1) is 17.7 Å². The summed E-state index contributed by atoms with van der Waals surface area (Å²) < 4.78 is 33.2. The summed E-state index contributed by atoms with van der Waals surface area (Å²) in [5.41, 5.74) is 1.48. The first-order valence-electron chi connectivity index (χ1n) is 13.0. The first-order valence-corrected chi connectivity index (χ1v) is 14.5. The normalized spacial score (nSPS) is 14.3. The Kier molecular flexibility index (Phi) is 8.56. The summed E-state index contributed by atoms with van der Waals surface area (Å²) in [5, 5.41) is 4.51. The molecule has 202 valence electrons. The summed E-state index contributed by atoms with van der Waals surface area (Å²) in [6, 6.07) is 17.5. The van der Waals surface area contributed by atoms with Crippen molar-refractivity contribution in [3.8, 4) is 5.75 Å². The molecule has 1 aliphatic rings. The summed E-state index contributed by atoms with van der Waals surface area (Å²) in [4.78, 5) is 28.2. The van der Waals surface area contributed by atoms with Gasteiger partial charge in [-0.1, -0.05) is 49.7 Å². The quantitative estimate of drug-likeness (QED) is 0.344. The third-order valence-electron chi connectivity index (χ3n) is 6.92. The second kappa shape index (κ2) is 11.9. The Morgan fingerprint density at radius 1 is 1.05 bits per heavy atom.